The van der Waals surface area contributed by atoms with Gasteiger partial charge in [-0.05, 0) is 56.9 Å². The van der Waals surface area contributed by atoms with Crippen LogP contribution in [-0.2, 0) is 41.5 Å². The van der Waals surface area contributed by atoms with E-state index in [4.69, 9.17) is 14.2 Å². The molecule has 2 aromatic rings. The summed E-state index contributed by atoms with van der Waals surface area (Å²) in [6, 6.07) is 13.5. The molecule has 2 fully saturated rings. The van der Waals surface area contributed by atoms with Crippen LogP contribution in [0.4, 0.5) is 0 Å². The van der Waals surface area contributed by atoms with Crippen LogP contribution in [0.5, 0.6) is 5.75 Å². The number of carbonyl (C=O) groups excluding carboxylic acids is 4. The second kappa shape index (κ2) is 14.7. The van der Waals surface area contributed by atoms with Crippen molar-refractivity contribution in [1.29, 1.82) is 0 Å². The lowest BCUT2D eigenvalue weighted by Crippen LogP contribution is -2.50. The topological polar surface area (TPSA) is 127 Å². The van der Waals surface area contributed by atoms with Crippen LogP contribution in [-0.4, -0.2) is 92.5 Å². The SMILES string of the molecule is COc1ccc(CC(CC(=O)C(C)NC(=O)CN2CCOCC2)C(=O)NC(Cc2ccc(C)cc2)C(=O)C2(C)CO2)cc1. The third-order valence-electron chi connectivity index (χ3n) is 8.08. The van der Waals surface area contributed by atoms with Gasteiger partial charge in [-0.15, -0.1) is 0 Å². The average molecular weight is 594 g/mol. The van der Waals surface area contributed by atoms with Crippen LogP contribution in [0.3, 0.4) is 0 Å². The molecule has 232 valence electrons. The van der Waals surface area contributed by atoms with Crippen LogP contribution in [0.1, 0.15) is 37.0 Å². The van der Waals surface area contributed by atoms with E-state index in [-0.39, 0.29) is 36.9 Å². The van der Waals surface area contributed by atoms with Crippen LogP contribution in [0.25, 0.3) is 0 Å². The Hall–Kier alpha value is -3.60. The fraction of sp³-hybridized carbons (Fsp3) is 0.515. The minimum atomic E-state index is -0.927. The van der Waals surface area contributed by atoms with E-state index < -0.39 is 29.5 Å². The lowest BCUT2D eigenvalue weighted by Gasteiger charge is -2.27. The summed E-state index contributed by atoms with van der Waals surface area (Å²) in [5, 5.41) is 5.74. The first-order valence-electron chi connectivity index (χ1n) is 14.9. The molecule has 0 spiro atoms. The number of benzene rings is 2. The van der Waals surface area contributed by atoms with E-state index in [1.807, 2.05) is 48.2 Å². The highest BCUT2D eigenvalue weighted by molar-refractivity contribution is 5.98. The van der Waals surface area contributed by atoms with Gasteiger partial charge in [-0.3, -0.25) is 24.1 Å². The van der Waals surface area contributed by atoms with E-state index >= 15 is 0 Å². The highest BCUT2D eigenvalue weighted by Gasteiger charge is 2.50. The van der Waals surface area contributed by atoms with Crippen molar-refractivity contribution in [2.24, 2.45) is 5.92 Å². The number of nitrogens with zero attached hydrogens (tertiary/aromatic N) is 1. The first kappa shape index (κ1) is 32.3. The summed E-state index contributed by atoms with van der Waals surface area (Å²) in [7, 11) is 1.58. The van der Waals surface area contributed by atoms with Gasteiger partial charge < -0.3 is 24.8 Å². The third-order valence-corrected chi connectivity index (χ3v) is 8.08. The summed E-state index contributed by atoms with van der Waals surface area (Å²) in [5.41, 5.74) is 1.92. The maximum absolute atomic E-state index is 13.8. The Morgan fingerprint density at radius 2 is 1.56 bits per heavy atom. The van der Waals surface area contributed by atoms with Crippen LogP contribution in [0, 0.1) is 12.8 Å². The van der Waals surface area contributed by atoms with Gasteiger partial charge in [0, 0.05) is 25.4 Å². The fourth-order valence-electron chi connectivity index (χ4n) is 5.13. The molecule has 2 N–H and O–H groups in total. The maximum Gasteiger partial charge on any atom is 0.234 e. The highest BCUT2D eigenvalue weighted by atomic mass is 16.6. The van der Waals surface area contributed by atoms with E-state index in [2.05, 4.69) is 10.6 Å². The van der Waals surface area contributed by atoms with Crippen LogP contribution < -0.4 is 15.4 Å². The van der Waals surface area contributed by atoms with E-state index in [0.29, 0.717) is 45.1 Å². The summed E-state index contributed by atoms with van der Waals surface area (Å²) < 4.78 is 16.0. The second-order valence-electron chi connectivity index (χ2n) is 11.7. The Balaban J connectivity index is 1.47. The minimum Gasteiger partial charge on any atom is -0.497 e. The molecule has 2 amide bonds. The standard InChI is InChI=1S/C33H43N3O7/c1-22-5-7-25(8-6-22)18-28(31(39)33(3)21-43-33)35-32(40)26(17-24-9-11-27(41-4)12-10-24)19-29(37)23(2)34-30(38)20-36-13-15-42-16-14-36/h5-12,23,26,28H,13-21H2,1-4H3,(H,34,38)(H,35,40). The zero-order chi connectivity index (χ0) is 31.0. The molecule has 10 heteroatoms. The van der Waals surface area contributed by atoms with Crippen molar-refractivity contribution in [3.8, 4) is 5.75 Å². The van der Waals surface area contributed by atoms with Gasteiger partial charge >= 0.3 is 0 Å². The van der Waals surface area contributed by atoms with Crippen molar-refractivity contribution in [3.05, 3.63) is 65.2 Å². The Kier molecular flexibility index (Phi) is 11.1. The first-order valence-corrected chi connectivity index (χ1v) is 14.9. The molecule has 2 aliphatic heterocycles. The molecule has 4 rings (SSSR count). The Morgan fingerprint density at radius 3 is 2.16 bits per heavy atom. The number of hydrogen-bond donors (Lipinski definition) is 2. The molecule has 0 aromatic heterocycles. The number of methoxy groups -OCH3 is 1. The molecule has 2 aromatic carbocycles. The van der Waals surface area contributed by atoms with Crippen molar-refractivity contribution in [1.82, 2.24) is 15.5 Å². The first-order chi connectivity index (χ1) is 20.6. The predicted octanol–water partition coefficient (Wildman–Crippen LogP) is 2.04. The zero-order valence-electron chi connectivity index (χ0n) is 25.5. The van der Waals surface area contributed by atoms with Crippen LogP contribution in [0.2, 0.25) is 0 Å². The lowest BCUT2D eigenvalue weighted by atomic mass is 9.89. The van der Waals surface area contributed by atoms with Gasteiger partial charge in [0.05, 0.1) is 45.6 Å². The summed E-state index contributed by atoms with van der Waals surface area (Å²) in [6.45, 7) is 8.30. The van der Waals surface area contributed by atoms with E-state index in [0.717, 1.165) is 16.7 Å². The van der Waals surface area contributed by atoms with Crippen molar-refractivity contribution in [3.63, 3.8) is 0 Å². The summed E-state index contributed by atoms with van der Waals surface area (Å²) in [6.07, 6.45) is 0.478. The molecule has 4 atom stereocenters. The van der Waals surface area contributed by atoms with Crippen LogP contribution in [0.15, 0.2) is 48.5 Å². The number of nitrogens with one attached hydrogen (secondary N) is 2. The van der Waals surface area contributed by atoms with Gasteiger partial charge in [0.1, 0.15) is 11.4 Å². The molecule has 4 unspecified atom stereocenters. The van der Waals surface area contributed by atoms with E-state index in [1.165, 1.54) is 0 Å². The number of ether oxygens (including phenoxy) is 3. The molecule has 0 radical (unpaired) electrons. The third kappa shape index (κ3) is 9.44. The van der Waals surface area contributed by atoms with Crippen molar-refractivity contribution in [2.75, 3.05) is 46.6 Å². The summed E-state index contributed by atoms with van der Waals surface area (Å²) in [5.74, 6) is -1.19. The lowest BCUT2D eigenvalue weighted by molar-refractivity contribution is -0.134. The number of ketones is 2. The molecule has 2 heterocycles. The van der Waals surface area contributed by atoms with Crippen molar-refractivity contribution >= 4 is 23.4 Å². The number of hydrogen-bond acceptors (Lipinski definition) is 8. The monoisotopic (exact) mass is 593 g/mol. The molecule has 0 bridgehead atoms. The summed E-state index contributed by atoms with van der Waals surface area (Å²) in [4.78, 5) is 55.2. The Labute approximate surface area is 253 Å². The number of rotatable bonds is 15. The predicted molar refractivity (Wildman–Crippen MR) is 161 cm³/mol. The molecule has 2 saturated heterocycles. The summed E-state index contributed by atoms with van der Waals surface area (Å²) >= 11 is 0. The minimum absolute atomic E-state index is 0.101. The highest BCUT2D eigenvalue weighted by Crippen LogP contribution is 2.29. The Morgan fingerprint density at radius 1 is 0.953 bits per heavy atom. The molecule has 2 aliphatic rings. The van der Waals surface area contributed by atoms with Gasteiger partial charge in [-0.1, -0.05) is 42.0 Å². The Bertz CT molecular complexity index is 1270. The number of carbonyl (C=O) groups is 4. The average Bonchev–Trinajstić information content (AvgIpc) is 3.76. The van der Waals surface area contributed by atoms with Crippen LogP contribution >= 0.6 is 0 Å². The molecule has 0 saturated carbocycles. The zero-order valence-corrected chi connectivity index (χ0v) is 25.5. The number of morpholine rings is 1. The number of Topliss-reactive ketones (excluding diaryl/α,β-unsaturated/α-hetero) is 2. The van der Waals surface area contributed by atoms with Gasteiger partial charge in [0.25, 0.3) is 0 Å². The number of amides is 2. The number of epoxide rings is 1. The normalized spacial score (nSPS) is 20.4. The largest absolute Gasteiger partial charge is 0.497 e. The molecule has 0 aliphatic carbocycles. The van der Waals surface area contributed by atoms with E-state index in [9.17, 15) is 19.2 Å². The molecule has 10 nitrogen and oxygen atoms in total. The van der Waals surface area contributed by atoms with Gasteiger partial charge in [0.2, 0.25) is 11.8 Å². The van der Waals surface area contributed by atoms with Gasteiger partial charge in [-0.2, -0.15) is 0 Å². The van der Waals surface area contributed by atoms with E-state index in [1.54, 1.807) is 33.1 Å². The van der Waals surface area contributed by atoms with Crippen molar-refractivity contribution < 1.29 is 33.4 Å². The quantitative estimate of drug-likeness (QED) is 0.301. The molecular weight excluding hydrogens is 550 g/mol. The molecular formula is C33H43N3O7. The second-order valence-corrected chi connectivity index (χ2v) is 11.7. The fourth-order valence-corrected chi connectivity index (χ4v) is 5.13. The van der Waals surface area contributed by atoms with Gasteiger partial charge in [0.15, 0.2) is 11.6 Å². The van der Waals surface area contributed by atoms with Gasteiger partial charge in [-0.25, -0.2) is 0 Å². The van der Waals surface area contributed by atoms with Crippen molar-refractivity contribution in [2.45, 2.75) is 57.7 Å². The maximum atomic E-state index is 13.8. The smallest absolute Gasteiger partial charge is 0.234 e. The molecule has 43 heavy (non-hydrogen) atoms. The number of aryl methyl sites for hydroxylation is 1.